The third-order valence-corrected chi connectivity index (χ3v) is 4.90. The Morgan fingerprint density at radius 2 is 1.03 bits per heavy atom. The van der Waals surface area contributed by atoms with Gasteiger partial charge in [0.15, 0.2) is 0 Å². The lowest BCUT2D eigenvalue weighted by molar-refractivity contribution is 0.414. The van der Waals surface area contributed by atoms with Crippen molar-refractivity contribution in [3.63, 3.8) is 0 Å². The molecule has 0 aliphatic carbocycles. The monoisotopic (exact) mass is 377 g/mol. The number of methoxy groups -OCH3 is 1. The highest BCUT2D eigenvalue weighted by Gasteiger charge is 2.16. The minimum Gasteiger partial charge on any atom is -0.497 e. The van der Waals surface area contributed by atoms with Gasteiger partial charge in [0.2, 0.25) is 0 Å². The van der Waals surface area contributed by atoms with Gasteiger partial charge in [-0.2, -0.15) is 0 Å². The van der Waals surface area contributed by atoms with Crippen LogP contribution in [0.15, 0.2) is 120 Å². The Kier molecular flexibility index (Phi) is 5.82. The van der Waals surface area contributed by atoms with E-state index in [1.54, 1.807) is 7.11 Å². The number of benzene rings is 4. The van der Waals surface area contributed by atoms with E-state index in [-0.39, 0.29) is 6.04 Å². The summed E-state index contributed by atoms with van der Waals surface area (Å²) >= 11 is 0. The molecule has 0 saturated heterocycles. The van der Waals surface area contributed by atoms with E-state index in [1.165, 1.54) is 0 Å². The van der Waals surface area contributed by atoms with E-state index in [0.717, 1.165) is 33.7 Å². The number of rotatable bonds is 6. The van der Waals surface area contributed by atoms with Crippen LogP contribution in [-0.2, 0) is 0 Å². The van der Waals surface area contributed by atoms with Gasteiger partial charge >= 0.3 is 0 Å². The summed E-state index contributed by atoms with van der Waals surface area (Å²) in [4.78, 5) is 5.29. The molecule has 4 aromatic rings. The summed E-state index contributed by atoms with van der Waals surface area (Å²) in [5.41, 5.74) is 5.47. The molecule has 0 amide bonds. The summed E-state index contributed by atoms with van der Waals surface area (Å²) in [6.45, 7) is 0. The molecule has 2 nitrogen and oxygen atoms in total. The highest BCUT2D eigenvalue weighted by molar-refractivity contribution is 6.13. The molecule has 0 fully saturated rings. The molecule has 4 rings (SSSR count). The van der Waals surface area contributed by atoms with E-state index in [1.807, 2.05) is 30.3 Å². The standard InChI is InChI=1S/C27H23NO/c1-29-25-19-17-24(18-20-25)27(23-15-9-4-10-16-23)28-26(21-11-5-2-6-12-21)22-13-7-3-8-14-22/h2-20,27H,1H3. The fourth-order valence-electron chi connectivity index (χ4n) is 3.40. The summed E-state index contributed by atoms with van der Waals surface area (Å²) in [6.07, 6.45) is 0. The molecule has 0 aromatic heterocycles. The van der Waals surface area contributed by atoms with Crippen molar-refractivity contribution in [2.75, 3.05) is 7.11 Å². The predicted octanol–water partition coefficient (Wildman–Crippen LogP) is 6.32. The van der Waals surface area contributed by atoms with E-state index in [0.29, 0.717) is 0 Å². The normalized spacial score (nSPS) is 11.5. The molecule has 0 heterocycles. The maximum absolute atomic E-state index is 5.34. The van der Waals surface area contributed by atoms with Crippen molar-refractivity contribution in [2.24, 2.45) is 4.99 Å². The van der Waals surface area contributed by atoms with Crippen LogP contribution in [0.1, 0.15) is 28.3 Å². The Morgan fingerprint density at radius 3 is 1.52 bits per heavy atom. The Hall–Kier alpha value is -3.65. The van der Waals surface area contributed by atoms with Gasteiger partial charge in [-0.05, 0) is 23.3 Å². The molecule has 0 N–H and O–H groups in total. The fraction of sp³-hybridized carbons (Fsp3) is 0.0741. The van der Waals surface area contributed by atoms with Gasteiger partial charge in [-0.3, -0.25) is 4.99 Å². The summed E-state index contributed by atoms with van der Waals surface area (Å²) < 4.78 is 5.34. The highest BCUT2D eigenvalue weighted by Crippen LogP contribution is 2.29. The summed E-state index contributed by atoms with van der Waals surface area (Å²) in [7, 11) is 1.69. The largest absolute Gasteiger partial charge is 0.497 e. The first-order valence-electron chi connectivity index (χ1n) is 9.72. The third kappa shape index (κ3) is 4.44. The van der Waals surface area contributed by atoms with Gasteiger partial charge in [-0.25, -0.2) is 0 Å². The Morgan fingerprint density at radius 1 is 0.586 bits per heavy atom. The molecule has 0 spiro atoms. The zero-order valence-corrected chi connectivity index (χ0v) is 16.4. The molecule has 4 aromatic carbocycles. The number of hydrogen-bond donors (Lipinski definition) is 0. The molecule has 1 unspecified atom stereocenters. The molecule has 0 aliphatic heterocycles. The average Bonchev–Trinajstić information content (AvgIpc) is 2.82. The number of aliphatic imine (C=N–C) groups is 1. The van der Waals surface area contributed by atoms with Crippen LogP contribution in [0.2, 0.25) is 0 Å². The first-order chi connectivity index (χ1) is 14.3. The summed E-state index contributed by atoms with van der Waals surface area (Å²) in [5, 5.41) is 0. The van der Waals surface area contributed by atoms with Crippen molar-refractivity contribution >= 4 is 5.71 Å². The van der Waals surface area contributed by atoms with E-state index in [2.05, 4.69) is 84.9 Å². The van der Waals surface area contributed by atoms with Crippen LogP contribution >= 0.6 is 0 Å². The minimum atomic E-state index is -0.113. The van der Waals surface area contributed by atoms with Gasteiger partial charge in [-0.15, -0.1) is 0 Å². The molecular formula is C27H23NO. The molecule has 29 heavy (non-hydrogen) atoms. The van der Waals surface area contributed by atoms with Crippen LogP contribution in [0.3, 0.4) is 0 Å². The maximum atomic E-state index is 5.34. The number of hydrogen-bond acceptors (Lipinski definition) is 2. The third-order valence-electron chi connectivity index (χ3n) is 4.90. The zero-order valence-electron chi connectivity index (χ0n) is 16.4. The minimum absolute atomic E-state index is 0.113. The van der Waals surface area contributed by atoms with Crippen molar-refractivity contribution in [2.45, 2.75) is 6.04 Å². The first kappa shape index (κ1) is 18.7. The van der Waals surface area contributed by atoms with Crippen molar-refractivity contribution < 1.29 is 4.74 Å². The number of ether oxygens (including phenoxy) is 1. The molecule has 0 radical (unpaired) electrons. The highest BCUT2D eigenvalue weighted by atomic mass is 16.5. The van der Waals surface area contributed by atoms with Crippen LogP contribution in [0.25, 0.3) is 0 Å². The van der Waals surface area contributed by atoms with Crippen LogP contribution in [0.4, 0.5) is 0 Å². The lowest BCUT2D eigenvalue weighted by Crippen LogP contribution is -2.08. The van der Waals surface area contributed by atoms with Gasteiger partial charge in [-0.1, -0.05) is 103 Å². The quantitative estimate of drug-likeness (QED) is 0.360. The van der Waals surface area contributed by atoms with Crippen molar-refractivity contribution in [1.82, 2.24) is 0 Å². The molecule has 0 aliphatic rings. The Bertz CT molecular complexity index is 1010. The van der Waals surface area contributed by atoms with Crippen LogP contribution < -0.4 is 4.74 Å². The first-order valence-corrected chi connectivity index (χ1v) is 9.72. The van der Waals surface area contributed by atoms with Gasteiger partial charge in [0.25, 0.3) is 0 Å². The summed E-state index contributed by atoms with van der Waals surface area (Å²) in [5.74, 6) is 0.843. The summed E-state index contributed by atoms with van der Waals surface area (Å²) in [6, 6.07) is 39.2. The van der Waals surface area contributed by atoms with E-state index >= 15 is 0 Å². The molecule has 0 saturated carbocycles. The van der Waals surface area contributed by atoms with Crippen molar-refractivity contribution in [1.29, 1.82) is 0 Å². The second-order valence-corrected chi connectivity index (χ2v) is 6.80. The Labute approximate surface area is 172 Å². The zero-order chi connectivity index (χ0) is 19.9. The topological polar surface area (TPSA) is 21.6 Å². The van der Waals surface area contributed by atoms with Crippen molar-refractivity contribution in [3.8, 4) is 5.75 Å². The van der Waals surface area contributed by atoms with E-state index in [4.69, 9.17) is 9.73 Å². The molecule has 142 valence electrons. The average molecular weight is 377 g/mol. The predicted molar refractivity (Wildman–Crippen MR) is 120 cm³/mol. The van der Waals surface area contributed by atoms with Gasteiger partial charge in [0, 0.05) is 11.1 Å². The number of nitrogens with zero attached hydrogens (tertiary/aromatic N) is 1. The van der Waals surface area contributed by atoms with Gasteiger partial charge < -0.3 is 4.74 Å². The lowest BCUT2D eigenvalue weighted by atomic mass is 9.97. The Balaban J connectivity index is 1.88. The maximum Gasteiger partial charge on any atom is 0.118 e. The SMILES string of the molecule is COc1ccc(C(N=C(c2ccccc2)c2ccccc2)c2ccccc2)cc1. The smallest absolute Gasteiger partial charge is 0.118 e. The van der Waals surface area contributed by atoms with Crippen LogP contribution in [0.5, 0.6) is 5.75 Å². The van der Waals surface area contributed by atoms with E-state index < -0.39 is 0 Å². The molecule has 0 bridgehead atoms. The second kappa shape index (κ2) is 9.03. The molecule has 1 atom stereocenters. The van der Waals surface area contributed by atoms with E-state index in [9.17, 15) is 0 Å². The van der Waals surface area contributed by atoms with Crippen LogP contribution in [0, 0.1) is 0 Å². The van der Waals surface area contributed by atoms with Gasteiger partial charge in [0.05, 0.1) is 12.8 Å². The fourth-order valence-corrected chi connectivity index (χ4v) is 3.40. The molecule has 2 heteroatoms. The van der Waals surface area contributed by atoms with Gasteiger partial charge in [0.1, 0.15) is 11.8 Å². The lowest BCUT2D eigenvalue weighted by Gasteiger charge is -2.17. The second-order valence-electron chi connectivity index (χ2n) is 6.80. The molecular weight excluding hydrogens is 354 g/mol. The van der Waals surface area contributed by atoms with Crippen LogP contribution in [-0.4, -0.2) is 12.8 Å². The van der Waals surface area contributed by atoms with Crippen molar-refractivity contribution in [3.05, 3.63) is 138 Å².